The molecule has 0 saturated carbocycles. The van der Waals surface area contributed by atoms with Crippen molar-refractivity contribution in [3.8, 4) is 5.75 Å². The molecule has 0 aliphatic carbocycles. The Kier molecular flexibility index (Phi) is 6.75. The first kappa shape index (κ1) is 21.5. The van der Waals surface area contributed by atoms with Crippen LogP contribution in [0.25, 0.3) is 10.8 Å². The van der Waals surface area contributed by atoms with Gasteiger partial charge < -0.3 is 10.1 Å². The van der Waals surface area contributed by atoms with E-state index in [0.717, 1.165) is 16.5 Å². The standard InChI is InChI=1S/C25H18ClN3O2S/c26-19-13-10-18(11-14-19)24(30)31-23-15-12-17-6-4-5-9-21(17)22(23)16-27-29-25(32)28-20-7-2-1-3-8-20/h1-16H,(H2,28,29,32). The molecule has 0 spiro atoms. The fourth-order valence-electron chi connectivity index (χ4n) is 3.08. The van der Waals surface area contributed by atoms with Gasteiger partial charge in [0.05, 0.1) is 11.8 Å². The van der Waals surface area contributed by atoms with Gasteiger partial charge in [-0.25, -0.2) is 4.79 Å². The number of carbonyl (C=O) groups is 1. The van der Waals surface area contributed by atoms with Crippen LogP contribution >= 0.6 is 23.8 Å². The Hall–Kier alpha value is -3.74. The summed E-state index contributed by atoms with van der Waals surface area (Å²) in [5.41, 5.74) is 4.70. The molecular weight excluding hydrogens is 442 g/mol. The lowest BCUT2D eigenvalue weighted by Gasteiger charge is -2.11. The van der Waals surface area contributed by atoms with Gasteiger partial charge in [0, 0.05) is 16.3 Å². The summed E-state index contributed by atoms with van der Waals surface area (Å²) in [6.45, 7) is 0. The van der Waals surface area contributed by atoms with Gasteiger partial charge in [-0.3, -0.25) is 5.43 Å². The topological polar surface area (TPSA) is 62.7 Å². The molecule has 4 aromatic rings. The average molecular weight is 460 g/mol. The van der Waals surface area contributed by atoms with Crippen LogP contribution in [0.15, 0.2) is 96.1 Å². The smallest absolute Gasteiger partial charge is 0.343 e. The molecular formula is C25H18ClN3O2S. The third-order valence-corrected chi connectivity index (χ3v) is 5.05. The van der Waals surface area contributed by atoms with E-state index in [4.69, 9.17) is 28.6 Å². The van der Waals surface area contributed by atoms with Gasteiger partial charge in [0.25, 0.3) is 0 Å². The number of rotatable bonds is 5. The van der Waals surface area contributed by atoms with Gasteiger partial charge in [0.2, 0.25) is 0 Å². The number of fused-ring (bicyclic) bond motifs is 1. The van der Waals surface area contributed by atoms with Gasteiger partial charge in [-0.15, -0.1) is 0 Å². The van der Waals surface area contributed by atoms with E-state index in [9.17, 15) is 4.79 Å². The Morgan fingerprint density at radius 3 is 2.41 bits per heavy atom. The van der Waals surface area contributed by atoms with E-state index in [-0.39, 0.29) is 0 Å². The number of esters is 1. The molecule has 2 N–H and O–H groups in total. The van der Waals surface area contributed by atoms with E-state index in [0.29, 0.717) is 27.0 Å². The molecule has 7 heteroatoms. The highest BCUT2D eigenvalue weighted by atomic mass is 35.5. The van der Waals surface area contributed by atoms with Crippen LogP contribution in [0.1, 0.15) is 15.9 Å². The van der Waals surface area contributed by atoms with Crippen LogP contribution < -0.4 is 15.5 Å². The van der Waals surface area contributed by atoms with Crippen molar-refractivity contribution < 1.29 is 9.53 Å². The molecule has 0 fully saturated rings. The van der Waals surface area contributed by atoms with E-state index < -0.39 is 5.97 Å². The number of halogens is 1. The van der Waals surface area contributed by atoms with E-state index in [1.807, 2.05) is 60.7 Å². The molecule has 0 bridgehead atoms. The second-order valence-electron chi connectivity index (χ2n) is 6.79. The Bertz CT molecular complexity index is 1290. The largest absolute Gasteiger partial charge is 0.422 e. The number of carbonyl (C=O) groups excluding carboxylic acids is 1. The summed E-state index contributed by atoms with van der Waals surface area (Å²) in [7, 11) is 0. The lowest BCUT2D eigenvalue weighted by Crippen LogP contribution is -2.23. The first-order valence-electron chi connectivity index (χ1n) is 9.75. The maximum absolute atomic E-state index is 12.6. The van der Waals surface area contributed by atoms with Gasteiger partial charge in [-0.05, 0) is 65.5 Å². The molecule has 32 heavy (non-hydrogen) atoms. The maximum Gasteiger partial charge on any atom is 0.343 e. The number of benzene rings is 4. The number of nitrogens with one attached hydrogen (secondary N) is 2. The Balaban J connectivity index is 1.57. The second kappa shape index (κ2) is 10.0. The van der Waals surface area contributed by atoms with Crippen molar-refractivity contribution in [2.45, 2.75) is 0 Å². The number of hydrogen-bond acceptors (Lipinski definition) is 4. The number of hydrogen-bond donors (Lipinski definition) is 2. The summed E-state index contributed by atoms with van der Waals surface area (Å²) in [5.74, 6) is -0.100. The van der Waals surface area contributed by atoms with Crippen LogP contribution in [0.2, 0.25) is 5.02 Å². The summed E-state index contributed by atoms with van der Waals surface area (Å²) in [4.78, 5) is 12.6. The highest BCUT2D eigenvalue weighted by Crippen LogP contribution is 2.27. The molecule has 0 aliphatic heterocycles. The van der Waals surface area contributed by atoms with Crippen LogP contribution in [0.4, 0.5) is 5.69 Å². The van der Waals surface area contributed by atoms with Crippen molar-refractivity contribution in [3.05, 3.63) is 107 Å². The number of hydrazone groups is 1. The van der Waals surface area contributed by atoms with Gasteiger partial charge in [0.15, 0.2) is 5.11 Å². The first-order chi connectivity index (χ1) is 15.6. The molecule has 4 rings (SSSR count). The average Bonchev–Trinajstić information content (AvgIpc) is 2.81. The monoisotopic (exact) mass is 459 g/mol. The molecule has 0 aromatic heterocycles. The van der Waals surface area contributed by atoms with Crippen LogP contribution in [0.3, 0.4) is 0 Å². The fraction of sp³-hybridized carbons (Fsp3) is 0. The van der Waals surface area contributed by atoms with Crippen molar-refractivity contribution in [1.82, 2.24) is 5.43 Å². The van der Waals surface area contributed by atoms with Crippen LogP contribution in [-0.2, 0) is 0 Å². The van der Waals surface area contributed by atoms with Crippen molar-refractivity contribution in [3.63, 3.8) is 0 Å². The van der Waals surface area contributed by atoms with E-state index in [1.54, 1.807) is 36.5 Å². The van der Waals surface area contributed by atoms with Crippen molar-refractivity contribution >= 4 is 57.6 Å². The zero-order valence-electron chi connectivity index (χ0n) is 16.8. The van der Waals surface area contributed by atoms with Gasteiger partial charge >= 0.3 is 5.97 Å². The van der Waals surface area contributed by atoms with Crippen LogP contribution in [0.5, 0.6) is 5.75 Å². The van der Waals surface area contributed by atoms with Crippen molar-refractivity contribution in [2.24, 2.45) is 5.10 Å². The summed E-state index contributed by atoms with van der Waals surface area (Å²) in [6.07, 6.45) is 1.59. The van der Waals surface area contributed by atoms with E-state index in [2.05, 4.69) is 15.8 Å². The molecule has 0 radical (unpaired) electrons. The number of para-hydroxylation sites is 1. The Morgan fingerprint density at radius 2 is 1.62 bits per heavy atom. The van der Waals surface area contributed by atoms with Crippen molar-refractivity contribution in [1.29, 1.82) is 0 Å². The van der Waals surface area contributed by atoms with Crippen LogP contribution in [-0.4, -0.2) is 17.3 Å². The lowest BCUT2D eigenvalue weighted by molar-refractivity contribution is 0.0735. The Morgan fingerprint density at radius 1 is 0.906 bits per heavy atom. The lowest BCUT2D eigenvalue weighted by atomic mass is 10.0. The normalized spacial score (nSPS) is 10.8. The highest BCUT2D eigenvalue weighted by Gasteiger charge is 2.13. The quantitative estimate of drug-likeness (QED) is 0.125. The summed E-state index contributed by atoms with van der Waals surface area (Å²) >= 11 is 11.2. The molecule has 0 heterocycles. The van der Waals surface area contributed by atoms with E-state index in [1.165, 1.54) is 0 Å². The first-order valence-corrected chi connectivity index (χ1v) is 10.5. The summed E-state index contributed by atoms with van der Waals surface area (Å²) in [6, 6.07) is 27.5. The molecule has 0 saturated heterocycles. The molecule has 0 aliphatic rings. The minimum atomic E-state index is -0.485. The number of thiocarbonyl (C=S) groups is 1. The maximum atomic E-state index is 12.6. The molecule has 5 nitrogen and oxygen atoms in total. The molecule has 0 atom stereocenters. The zero-order chi connectivity index (χ0) is 22.3. The number of ether oxygens (including phenoxy) is 1. The summed E-state index contributed by atoms with van der Waals surface area (Å²) in [5, 5.41) is 10.1. The fourth-order valence-corrected chi connectivity index (χ4v) is 3.38. The number of nitrogens with zero attached hydrogens (tertiary/aromatic N) is 1. The minimum Gasteiger partial charge on any atom is -0.422 e. The number of anilines is 1. The van der Waals surface area contributed by atoms with E-state index >= 15 is 0 Å². The minimum absolute atomic E-state index is 0.340. The zero-order valence-corrected chi connectivity index (χ0v) is 18.4. The Labute approximate surface area is 195 Å². The third-order valence-electron chi connectivity index (χ3n) is 4.60. The predicted octanol–water partition coefficient (Wildman–Crippen LogP) is 6.03. The predicted molar refractivity (Wildman–Crippen MR) is 134 cm³/mol. The third kappa shape index (κ3) is 5.29. The van der Waals surface area contributed by atoms with Gasteiger partial charge in [0.1, 0.15) is 5.75 Å². The molecule has 0 amide bonds. The second-order valence-corrected chi connectivity index (χ2v) is 7.63. The summed E-state index contributed by atoms with van der Waals surface area (Å²) < 4.78 is 5.68. The molecule has 0 unspecified atom stereocenters. The molecule has 4 aromatic carbocycles. The van der Waals surface area contributed by atoms with Crippen molar-refractivity contribution in [2.75, 3.05) is 5.32 Å². The SMILES string of the molecule is O=C(Oc1ccc2ccccc2c1C=NNC(=S)Nc1ccccc1)c1ccc(Cl)cc1. The molecule has 158 valence electrons. The van der Waals surface area contributed by atoms with Gasteiger partial charge in [-0.1, -0.05) is 60.1 Å². The van der Waals surface area contributed by atoms with Gasteiger partial charge in [-0.2, -0.15) is 5.10 Å². The highest BCUT2D eigenvalue weighted by molar-refractivity contribution is 7.80. The van der Waals surface area contributed by atoms with Crippen LogP contribution in [0, 0.1) is 0 Å².